The molecule has 2 aromatic carbocycles. The first kappa shape index (κ1) is 17.2. The average Bonchev–Trinajstić information content (AvgIpc) is 2.62. The van der Waals surface area contributed by atoms with E-state index in [1.807, 2.05) is 55.5 Å². The van der Waals surface area contributed by atoms with E-state index in [-0.39, 0.29) is 0 Å². The van der Waals surface area contributed by atoms with Crippen molar-refractivity contribution in [1.29, 1.82) is 0 Å². The number of aromatic nitrogens is 2. The lowest BCUT2D eigenvalue weighted by Crippen LogP contribution is -2.09. The zero-order valence-corrected chi connectivity index (χ0v) is 14.9. The van der Waals surface area contributed by atoms with Crippen molar-refractivity contribution in [3.05, 3.63) is 82.6 Å². The van der Waals surface area contributed by atoms with Crippen molar-refractivity contribution in [2.75, 3.05) is 17.2 Å². The summed E-state index contributed by atoms with van der Waals surface area (Å²) in [6.45, 7) is 3.44. The van der Waals surface area contributed by atoms with Gasteiger partial charge in [0.1, 0.15) is 17.5 Å². The van der Waals surface area contributed by atoms with Crippen LogP contribution in [0.2, 0.25) is 5.02 Å². The minimum Gasteiger partial charge on any atom is -0.370 e. The SMILES string of the molecule is Cc1nc(NCCc2ccc(Cl)cc2)cc(NCc2ccccc2)n1. The van der Waals surface area contributed by atoms with Crippen molar-refractivity contribution >= 4 is 23.2 Å². The van der Waals surface area contributed by atoms with Crippen LogP contribution in [0.4, 0.5) is 11.6 Å². The molecule has 0 saturated carbocycles. The molecular formula is C20H21ClN4. The number of hydrogen-bond acceptors (Lipinski definition) is 4. The van der Waals surface area contributed by atoms with Crippen molar-refractivity contribution in [1.82, 2.24) is 9.97 Å². The van der Waals surface area contributed by atoms with E-state index in [1.54, 1.807) is 0 Å². The smallest absolute Gasteiger partial charge is 0.132 e. The molecule has 1 aromatic heterocycles. The fourth-order valence-corrected chi connectivity index (χ4v) is 2.65. The number of anilines is 2. The van der Waals surface area contributed by atoms with E-state index in [0.29, 0.717) is 0 Å². The molecule has 0 aliphatic heterocycles. The van der Waals surface area contributed by atoms with Gasteiger partial charge >= 0.3 is 0 Å². The van der Waals surface area contributed by atoms with E-state index in [9.17, 15) is 0 Å². The van der Waals surface area contributed by atoms with Gasteiger partial charge < -0.3 is 10.6 Å². The molecule has 0 radical (unpaired) electrons. The predicted octanol–water partition coefficient (Wildman–Crippen LogP) is 4.71. The minimum atomic E-state index is 0.738. The van der Waals surface area contributed by atoms with Crippen LogP contribution in [0, 0.1) is 6.92 Å². The minimum absolute atomic E-state index is 0.738. The quantitative estimate of drug-likeness (QED) is 0.646. The van der Waals surface area contributed by atoms with Crippen LogP contribution in [0.1, 0.15) is 17.0 Å². The summed E-state index contributed by atoms with van der Waals surface area (Å²) in [6, 6.07) is 20.1. The number of benzene rings is 2. The summed E-state index contributed by atoms with van der Waals surface area (Å²) in [4.78, 5) is 8.90. The number of hydrogen-bond donors (Lipinski definition) is 2. The second kappa shape index (κ2) is 8.49. The molecule has 0 bridgehead atoms. The summed E-state index contributed by atoms with van der Waals surface area (Å²) in [5.74, 6) is 2.40. The predicted molar refractivity (Wildman–Crippen MR) is 104 cm³/mol. The molecular weight excluding hydrogens is 332 g/mol. The Kier molecular flexibility index (Phi) is 5.86. The molecule has 2 N–H and O–H groups in total. The van der Waals surface area contributed by atoms with Crippen LogP contribution in [0.3, 0.4) is 0 Å². The zero-order valence-electron chi connectivity index (χ0n) is 14.2. The van der Waals surface area contributed by atoms with Gasteiger partial charge in [-0.1, -0.05) is 54.1 Å². The summed E-state index contributed by atoms with van der Waals surface area (Å²) in [6.07, 6.45) is 0.910. The van der Waals surface area contributed by atoms with Crippen molar-refractivity contribution in [3.63, 3.8) is 0 Å². The first-order valence-electron chi connectivity index (χ1n) is 8.31. The normalized spacial score (nSPS) is 10.5. The molecule has 0 fully saturated rings. The van der Waals surface area contributed by atoms with Gasteiger partial charge in [0.15, 0.2) is 0 Å². The largest absolute Gasteiger partial charge is 0.370 e. The van der Waals surface area contributed by atoms with Crippen molar-refractivity contribution < 1.29 is 0 Å². The van der Waals surface area contributed by atoms with Gasteiger partial charge in [-0.2, -0.15) is 0 Å². The highest BCUT2D eigenvalue weighted by Crippen LogP contribution is 2.14. The lowest BCUT2D eigenvalue weighted by atomic mass is 10.1. The Morgan fingerprint density at radius 1 is 0.840 bits per heavy atom. The summed E-state index contributed by atoms with van der Waals surface area (Å²) < 4.78 is 0. The van der Waals surface area contributed by atoms with Crippen LogP contribution in [-0.4, -0.2) is 16.5 Å². The molecule has 3 rings (SSSR count). The molecule has 0 amide bonds. The van der Waals surface area contributed by atoms with Crippen LogP contribution >= 0.6 is 11.6 Å². The number of nitrogens with one attached hydrogen (secondary N) is 2. The number of nitrogens with zero attached hydrogens (tertiary/aromatic N) is 2. The highest BCUT2D eigenvalue weighted by Gasteiger charge is 2.02. The van der Waals surface area contributed by atoms with Crippen molar-refractivity contribution in [2.24, 2.45) is 0 Å². The van der Waals surface area contributed by atoms with E-state index in [1.165, 1.54) is 11.1 Å². The highest BCUT2D eigenvalue weighted by molar-refractivity contribution is 6.30. The third kappa shape index (κ3) is 5.47. The topological polar surface area (TPSA) is 49.8 Å². The Bertz CT molecular complexity index is 804. The zero-order chi connectivity index (χ0) is 17.5. The molecule has 3 aromatic rings. The summed E-state index contributed by atoms with van der Waals surface area (Å²) in [5.41, 5.74) is 2.46. The van der Waals surface area contributed by atoms with Crippen LogP contribution in [-0.2, 0) is 13.0 Å². The number of aryl methyl sites for hydroxylation is 1. The van der Waals surface area contributed by atoms with Crippen LogP contribution < -0.4 is 10.6 Å². The third-order valence-corrected chi connectivity index (χ3v) is 4.04. The molecule has 0 aliphatic carbocycles. The third-order valence-electron chi connectivity index (χ3n) is 3.79. The molecule has 0 atom stereocenters. The van der Waals surface area contributed by atoms with Crippen LogP contribution in [0.25, 0.3) is 0 Å². The molecule has 4 nitrogen and oxygen atoms in total. The molecule has 0 spiro atoms. The average molecular weight is 353 g/mol. The van der Waals surface area contributed by atoms with Gasteiger partial charge in [-0.15, -0.1) is 0 Å². The van der Waals surface area contributed by atoms with Gasteiger partial charge in [0.05, 0.1) is 0 Å². The summed E-state index contributed by atoms with van der Waals surface area (Å²) >= 11 is 5.91. The Balaban J connectivity index is 1.56. The maximum Gasteiger partial charge on any atom is 0.132 e. The first-order valence-corrected chi connectivity index (χ1v) is 8.68. The van der Waals surface area contributed by atoms with E-state index in [2.05, 4.69) is 32.7 Å². The summed E-state index contributed by atoms with van der Waals surface area (Å²) in [7, 11) is 0. The van der Waals surface area contributed by atoms with E-state index >= 15 is 0 Å². The molecule has 5 heteroatoms. The highest BCUT2D eigenvalue weighted by atomic mass is 35.5. The van der Waals surface area contributed by atoms with E-state index in [4.69, 9.17) is 11.6 Å². The lowest BCUT2D eigenvalue weighted by molar-refractivity contribution is 0.975. The van der Waals surface area contributed by atoms with Gasteiger partial charge in [-0.05, 0) is 36.6 Å². The maximum atomic E-state index is 5.91. The van der Waals surface area contributed by atoms with Crippen LogP contribution in [0.15, 0.2) is 60.7 Å². The van der Waals surface area contributed by atoms with Crippen LogP contribution in [0.5, 0.6) is 0 Å². The molecule has 0 aliphatic rings. The summed E-state index contributed by atoms with van der Waals surface area (Å²) in [5, 5.41) is 7.48. The number of rotatable bonds is 7. The van der Waals surface area contributed by atoms with Gasteiger partial charge in [-0.25, -0.2) is 9.97 Å². The van der Waals surface area contributed by atoms with Gasteiger partial charge in [-0.3, -0.25) is 0 Å². The Labute approximate surface area is 153 Å². The standard InChI is InChI=1S/C20H21ClN4/c1-15-24-19(22-12-11-16-7-9-18(21)10-8-16)13-20(25-15)23-14-17-5-3-2-4-6-17/h2-10,13H,11-12,14H2,1H3,(H2,22,23,24,25). The molecule has 128 valence electrons. The Morgan fingerprint density at radius 3 is 2.24 bits per heavy atom. The maximum absolute atomic E-state index is 5.91. The first-order chi connectivity index (χ1) is 12.2. The van der Waals surface area contributed by atoms with Crippen molar-refractivity contribution in [2.45, 2.75) is 19.9 Å². The van der Waals surface area contributed by atoms with E-state index < -0.39 is 0 Å². The monoisotopic (exact) mass is 352 g/mol. The fraction of sp³-hybridized carbons (Fsp3) is 0.200. The van der Waals surface area contributed by atoms with Crippen molar-refractivity contribution in [3.8, 4) is 0 Å². The molecule has 0 unspecified atom stereocenters. The molecule has 0 saturated heterocycles. The van der Waals surface area contributed by atoms with Gasteiger partial charge in [0, 0.05) is 24.2 Å². The molecule has 25 heavy (non-hydrogen) atoms. The number of halogens is 1. The Morgan fingerprint density at radius 2 is 1.52 bits per heavy atom. The fourth-order valence-electron chi connectivity index (χ4n) is 2.52. The van der Waals surface area contributed by atoms with Gasteiger partial charge in [0.2, 0.25) is 0 Å². The second-order valence-corrected chi connectivity index (χ2v) is 6.26. The molecule has 1 heterocycles. The van der Waals surface area contributed by atoms with E-state index in [0.717, 1.165) is 42.0 Å². The Hall–Kier alpha value is -2.59. The van der Waals surface area contributed by atoms with Gasteiger partial charge in [0.25, 0.3) is 0 Å². The lowest BCUT2D eigenvalue weighted by Gasteiger charge is -2.10. The second-order valence-electron chi connectivity index (χ2n) is 5.83.